The number of fused-ring (bicyclic) bond motifs is 1. The van der Waals surface area contributed by atoms with Crippen LogP contribution in [-0.2, 0) is 0 Å². The van der Waals surface area contributed by atoms with Crippen LogP contribution < -0.4 is 9.47 Å². The van der Waals surface area contributed by atoms with Gasteiger partial charge in [0.1, 0.15) is 12.0 Å². The molecule has 0 radical (unpaired) electrons. The van der Waals surface area contributed by atoms with Gasteiger partial charge in [-0.15, -0.1) is 0 Å². The lowest BCUT2D eigenvalue weighted by molar-refractivity contribution is 0.129. The third-order valence-corrected chi connectivity index (χ3v) is 6.46. The van der Waals surface area contributed by atoms with Gasteiger partial charge in [-0.2, -0.15) is 0 Å². The average molecular weight is 410 g/mol. The van der Waals surface area contributed by atoms with Crippen molar-refractivity contribution in [3.8, 4) is 23.3 Å². The fourth-order valence-corrected chi connectivity index (χ4v) is 4.81. The highest BCUT2D eigenvalue weighted by Crippen LogP contribution is 2.34. The molecule has 1 saturated carbocycles. The first-order valence-electron chi connectivity index (χ1n) is 11.2. The zero-order chi connectivity index (χ0) is 21.6. The van der Waals surface area contributed by atoms with E-state index in [0.717, 1.165) is 42.0 Å². The van der Waals surface area contributed by atoms with Crippen molar-refractivity contribution in [2.75, 3.05) is 27.3 Å². The highest BCUT2D eigenvalue weighted by Gasteiger charge is 2.32. The molecular weight excluding hydrogens is 374 g/mol. The monoisotopic (exact) mass is 409 g/mol. The predicted octanol–water partition coefficient (Wildman–Crippen LogP) is 5.07. The second kappa shape index (κ2) is 10.1. The van der Waals surface area contributed by atoms with Crippen molar-refractivity contribution in [1.29, 1.82) is 0 Å². The Bertz CT molecular complexity index is 908. The van der Waals surface area contributed by atoms with E-state index in [0.29, 0.717) is 11.5 Å². The second-order valence-corrected chi connectivity index (χ2v) is 8.35. The SMILES string of the molecule is CCN(CC)C(C)(C#Cc1ncnc2cc(OC)c(OC)cc12)CC1CCCCC1. The number of hydrogen-bond donors (Lipinski definition) is 0. The van der Waals surface area contributed by atoms with Gasteiger partial charge in [-0.1, -0.05) is 51.9 Å². The summed E-state index contributed by atoms with van der Waals surface area (Å²) in [4.78, 5) is 11.4. The molecule has 5 heteroatoms. The topological polar surface area (TPSA) is 47.5 Å². The maximum absolute atomic E-state index is 5.48. The molecule has 0 spiro atoms. The van der Waals surface area contributed by atoms with Gasteiger partial charge in [0.2, 0.25) is 0 Å². The number of rotatable bonds is 7. The van der Waals surface area contributed by atoms with E-state index < -0.39 is 0 Å². The molecular formula is C25H35N3O2. The van der Waals surface area contributed by atoms with E-state index in [2.05, 4.69) is 47.5 Å². The Morgan fingerprint density at radius 3 is 2.33 bits per heavy atom. The smallest absolute Gasteiger partial charge is 0.162 e. The van der Waals surface area contributed by atoms with Crippen LogP contribution in [-0.4, -0.2) is 47.7 Å². The van der Waals surface area contributed by atoms with E-state index in [9.17, 15) is 0 Å². The number of hydrogen-bond acceptors (Lipinski definition) is 5. The summed E-state index contributed by atoms with van der Waals surface area (Å²) < 4.78 is 10.9. The molecule has 1 atom stereocenters. The van der Waals surface area contributed by atoms with Crippen molar-refractivity contribution in [2.45, 2.75) is 64.8 Å². The molecule has 1 fully saturated rings. The van der Waals surface area contributed by atoms with Crippen molar-refractivity contribution in [2.24, 2.45) is 5.92 Å². The van der Waals surface area contributed by atoms with Crippen LogP contribution >= 0.6 is 0 Å². The molecule has 1 aliphatic carbocycles. The van der Waals surface area contributed by atoms with Gasteiger partial charge in [-0.25, -0.2) is 9.97 Å². The van der Waals surface area contributed by atoms with E-state index in [4.69, 9.17) is 9.47 Å². The molecule has 0 N–H and O–H groups in total. The first-order valence-corrected chi connectivity index (χ1v) is 11.2. The van der Waals surface area contributed by atoms with Gasteiger partial charge in [-0.3, -0.25) is 4.90 Å². The molecule has 1 aromatic carbocycles. The molecule has 0 amide bonds. The Morgan fingerprint density at radius 2 is 1.70 bits per heavy atom. The molecule has 1 heterocycles. The number of benzene rings is 1. The summed E-state index contributed by atoms with van der Waals surface area (Å²) in [7, 11) is 3.27. The van der Waals surface area contributed by atoms with E-state index in [1.165, 1.54) is 32.1 Å². The lowest BCUT2D eigenvalue weighted by Gasteiger charge is -2.39. The van der Waals surface area contributed by atoms with Crippen LogP contribution in [0, 0.1) is 17.8 Å². The van der Waals surface area contributed by atoms with Crippen LogP contribution in [0.25, 0.3) is 10.9 Å². The van der Waals surface area contributed by atoms with E-state index in [-0.39, 0.29) is 5.54 Å². The van der Waals surface area contributed by atoms with Crippen molar-refractivity contribution in [3.63, 3.8) is 0 Å². The summed E-state index contributed by atoms with van der Waals surface area (Å²) in [6.45, 7) is 8.73. The fraction of sp³-hybridized carbons (Fsp3) is 0.600. The molecule has 162 valence electrons. The molecule has 3 rings (SSSR count). The Morgan fingerprint density at radius 1 is 1.03 bits per heavy atom. The Labute approximate surface area is 181 Å². The summed E-state index contributed by atoms with van der Waals surface area (Å²) in [5, 5.41) is 0.891. The predicted molar refractivity (Wildman–Crippen MR) is 122 cm³/mol. The molecule has 1 aromatic heterocycles. The van der Waals surface area contributed by atoms with Gasteiger partial charge >= 0.3 is 0 Å². The van der Waals surface area contributed by atoms with Gasteiger partial charge in [-0.05, 0) is 44.3 Å². The Balaban J connectivity index is 2.01. The highest BCUT2D eigenvalue weighted by molar-refractivity contribution is 5.86. The Hall–Kier alpha value is -2.32. The minimum atomic E-state index is -0.167. The number of ether oxygens (including phenoxy) is 2. The van der Waals surface area contributed by atoms with Crippen LogP contribution in [0.2, 0.25) is 0 Å². The van der Waals surface area contributed by atoms with E-state index >= 15 is 0 Å². The average Bonchev–Trinajstić information content (AvgIpc) is 2.78. The zero-order valence-electron chi connectivity index (χ0n) is 19.1. The normalized spacial score (nSPS) is 16.7. The largest absolute Gasteiger partial charge is 0.493 e. The molecule has 2 aromatic rings. The maximum Gasteiger partial charge on any atom is 0.162 e. The van der Waals surface area contributed by atoms with Gasteiger partial charge in [0.05, 0.1) is 25.3 Å². The lowest BCUT2D eigenvalue weighted by Crippen LogP contribution is -2.46. The number of methoxy groups -OCH3 is 2. The minimum absolute atomic E-state index is 0.167. The minimum Gasteiger partial charge on any atom is -0.493 e. The van der Waals surface area contributed by atoms with Gasteiger partial charge in [0.25, 0.3) is 0 Å². The molecule has 30 heavy (non-hydrogen) atoms. The van der Waals surface area contributed by atoms with Crippen LogP contribution in [0.1, 0.15) is 65.0 Å². The van der Waals surface area contributed by atoms with Crippen molar-refractivity contribution >= 4 is 10.9 Å². The van der Waals surface area contributed by atoms with Crippen LogP contribution in [0.15, 0.2) is 18.5 Å². The van der Waals surface area contributed by atoms with Crippen molar-refractivity contribution < 1.29 is 9.47 Å². The summed E-state index contributed by atoms with van der Waals surface area (Å²) in [5.74, 6) is 9.13. The standard InChI is InChI=1S/C25H35N3O2/c1-6-28(7-2)25(3,17-19-11-9-8-10-12-19)14-13-21-20-15-23(29-4)24(30-5)16-22(20)27-18-26-21/h15-16,18-19H,6-12,17H2,1-5H3. The third-order valence-electron chi connectivity index (χ3n) is 6.46. The van der Waals surface area contributed by atoms with Crippen LogP contribution in [0.3, 0.4) is 0 Å². The zero-order valence-corrected chi connectivity index (χ0v) is 19.1. The third kappa shape index (κ3) is 4.87. The van der Waals surface area contributed by atoms with E-state index in [1.54, 1.807) is 20.5 Å². The number of nitrogens with zero attached hydrogens (tertiary/aromatic N) is 3. The number of aromatic nitrogens is 2. The van der Waals surface area contributed by atoms with Gasteiger partial charge in [0, 0.05) is 11.5 Å². The van der Waals surface area contributed by atoms with Crippen molar-refractivity contribution in [1.82, 2.24) is 14.9 Å². The molecule has 1 unspecified atom stereocenters. The quantitative estimate of drug-likeness (QED) is 0.598. The molecule has 0 saturated heterocycles. The van der Waals surface area contributed by atoms with Crippen LogP contribution in [0.4, 0.5) is 0 Å². The fourth-order valence-electron chi connectivity index (χ4n) is 4.81. The van der Waals surface area contributed by atoms with Gasteiger partial charge in [0.15, 0.2) is 11.5 Å². The van der Waals surface area contributed by atoms with E-state index in [1.807, 2.05) is 12.1 Å². The lowest BCUT2D eigenvalue weighted by atomic mass is 9.79. The first-order chi connectivity index (χ1) is 14.5. The van der Waals surface area contributed by atoms with Crippen LogP contribution in [0.5, 0.6) is 11.5 Å². The molecule has 0 aliphatic heterocycles. The summed E-state index contributed by atoms with van der Waals surface area (Å²) >= 11 is 0. The first kappa shape index (κ1) is 22.4. The highest BCUT2D eigenvalue weighted by atomic mass is 16.5. The second-order valence-electron chi connectivity index (χ2n) is 8.35. The Kier molecular flexibility index (Phi) is 7.55. The summed E-state index contributed by atoms with van der Waals surface area (Å²) in [5.41, 5.74) is 1.38. The molecule has 5 nitrogen and oxygen atoms in total. The van der Waals surface area contributed by atoms with Crippen molar-refractivity contribution in [3.05, 3.63) is 24.2 Å². The summed E-state index contributed by atoms with van der Waals surface area (Å²) in [6.07, 6.45) is 9.42. The molecule has 1 aliphatic rings. The van der Waals surface area contributed by atoms with Gasteiger partial charge < -0.3 is 9.47 Å². The summed E-state index contributed by atoms with van der Waals surface area (Å²) in [6, 6.07) is 3.81. The maximum atomic E-state index is 5.48. The molecule has 0 bridgehead atoms.